The number of hydrogen-bond donors (Lipinski definition) is 3. The minimum atomic E-state index is -3.99. The maximum atomic E-state index is 12.8. The molecule has 0 saturated heterocycles. The zero-order chi connectivity index (χ0) is 19.9. The van der Waals surface area contributed by atoms with Gasteiger partial charge in [0.25, 0.3) is 15.6 Å². The molecular weight excluding hydrogens is 404 g/mol. The Hall–Kier alpha value is -3.17. The summed E-state index contributed by atoms with van der Waals surface area (Å²) in [5.74, 6) is -0.213. The lowest BCUT2D eigenvalue weighted by Gasteiger charge is -2.12. The van der Waals surface area contributed by atoms with Crippen LogP contribution < -0.4 is 15.6 Å². The van der Waals surface area contributed by atoms with Crippen LogP contribution in [0.15, 0.2) is 58.2 Å². The van der Waals surface area contributed by atoms with E-state index >= 15 is 0 Å². The number of anilines is 2. The minimum absolute atomic E-state index is 0.00639. The molecule has 142 valence electrons. The number of H-pyrrole nitrogens is 1. The average Bonchev–Trinajstić information content (AvgIpc) is 3.00. The molecule has 0 spiro atoms. The molecule has 4 rings (SSSR count). The van der Waals surface area contributed by atoms with E-state index in [2.05, 4.69) is 20.2 Å². The third-order valence-electron chi connectivity index (χ3n) is 4.16. The molecule has 8 nitrogen and oxygen atoms in total. The average molecular weight is 417 g/mol. The quantitative estimate of drug-likeness (QED) is 0.603. The minimum Gasteiger partial charge on any atom is -0.325 e. The van der Waals surface area contributed by atoms with Crippen molar-refractivity contribution in [2.24, 2.45) is 0 Å². The summed E-state index contributed by atoms with van der Waals surface area (Å²) >= 11 is 6.13. The number of sulfonamides is 1. The van der Waals surface area contributed by atoms with Gasteiger partial charge in [0.05, 0.1) is 17.1 Å². The molecule has 3 N–H and O–H groups in total. The van der Waals surface area contributed by atoms with Crippen molar-refractivity contribution in [1.29, 1.82) is 0 Å². The number of nitrogens with zero attached hydrogens (tertiary/aromatic N) is 1. The summed E-state index contributed by atoms with van der Waals surface area (Å²) in [5, 5.41) is 8.89. The van der Waals surface area contributed by atoms with Gasteiger partial charge in [-0.3, -0.25) is 14.3 Å². The predicted octanol–water partition coefficient (Wildman–Crippen LogP) is 2.39. The summed E-state index contributed by atoms with van der Waals surface area (Å²) in [7, 11) is -3.99. The topological polar surface area (TPSA) is 121 Å². The molecular formula is C18H13ClN4O4S. The second-order valence-corrected chi connectivity index (χ2v) is 8.22. The Kier molecular flexibility index (Phi) is 4.40. The van der Waals surface area contributed by atoms with Gasteiger partial charge in [-0.1, -0.05) is 23.7 Å². The molecule has 1 aromatic heterocycles. The molecule has 1 amide bonds. The Morgan fingerprint density at radius 2 is 1.89 bits per heavy atom. The van der Waals surface area contributed by atoms with Crippen molar-refractivity contribution < 1.29 is 13.2 Å². The smallest absolute Gasteiger partial charge is 0.264 e. The molecule has 28 heavy (non-hydrogen) atoms. The molecule has 0 unspecified atom stereocenters. The highest BCUT2D eigenvalue weighted by atomic mass is 35.5. The molecule has 0 radical (unpaired) electrons. The Bertz CT molecular complexity index is 1250. The lowest BCUT2D eigenvalue weighted by molar-refractivity contribution is -0.115. The van der Waals surface area contributed by atoms with Crippen molar-refractivity contribution in [2.75, 3.05) is 10.0 Å². The van der Waals surface area contributed by atoms with Crippen molar-refractivity contribution in [1.82, 2.24) is 10.2 Å². The summed E-state index contributed by atoms with van der Waals surface area (Å²) in [6, 6.07) is 12.3. The van der Waals surface area contributed by atoms with Crippen molar-refractivity contribution in [3.05, 3.63) is 69.5 Å². The van der Waals surface area contributed by atoms with Gasteiger partial charge in [-0.25, -0.2) is 13.5 Å². The van der Waals surface area contributed by atoms with Crippen LogP contribution in [0.3, 0.4) is 0 Å². The number of benzene rings is 2. The maximum absolute atomic E-state index is 12.8. The number of hydrogen-bond acceptors (Lipinski definition) is 5. The molecule has 0 bridgehead atoms. The molecule has 1 aliphatic heterocycles. The molecule has 10 heteroatoms. The fraction of sp³-hybridized carbons (Fsp3) is 0.0556. The summed E-state index contributed by atoms with van der Waals surface area (Å²) in [4.78, 5) is 22.5. The van der Waals surface area contributed by atoms with Crippen LogP contribution in [-0.2, 0) is 21.2 Å². The summed E-state index contributed by atoms with van der Waals surface area (Å²) in [6.45, 7) is 0. The lowest BCUT2D eigenvalue weighted by Crippen LogP contribution is -2.14. The first-order chi connectivity index (χ1) is 13.3. The second kappa shape index (κ2) is 6.77. The van der Waals surface area contributed by atoms with Gasteiger partial charge in [-0.05, 0) is 35.9 Å². The highest BCUT2D eigenvalue weighted by Crippen LogP contribution is 2.33. The number of rotatable bonds is 4. The van der Waals surface area contributed by atoms with E-state index in [1.165, 1.54) is 24.3 Å². The molecule has 0 atom stereocenters. The Balaban J connectivity index is 1.67. The molecule has 2 aromatic carbocycles. The molecule has 3 aromatic rings. The molecule has 1 aliphatic rings. The third kappa shape index (κ3) is 3.49. The van der Waals surface area contributed by atoms with E-state index in [1.807, 2.05) is 0 Å². The van der Waals surface area contributed by atoms with Crippen LogP contribution in [0, 0.1) is 0 Å². The number of amides is 1. The first-order valence-corrected chi connectivity index (χ1v) is 9.99. The van der Waals surface area contributed by atoms with Crippen LogP contribution in [0.4, 0.5) is 11.4 Å². The fourth-order valence-electron chi connectivity index (χ4n) is 2.89. The van der Waals surface area contributed by atoms with Gasteiger partial charge >= 0.3 is 0 Å². The predicted molar refractivity (Wildman–Crippen MR) is 105 cm³/mol. The van der Waals surface area contributed by atoms with Gasteiger partial charge in [0, 0.05) is 23.0 Å². The monoisotopic (exact) mass is 416 g/mol. The van der Waals surface area contributed by atoms with E-state index in [1.54, 1.807) is 24.3 Å². The maximum Gasteiger partial charge on any atom is 0.264 e. The second-order valence-electron chi connectivity index (χ2n) is 6.16. The normalized spacial score (nSPS) is 13.1. The van der Waals surface area contributed by atoms with Crippen LogP contribution in [0.5, 0.6) is 0 Å². The highest BCUT2D eigenvalue weighted by Gasteiger charge is 2.25. The summed E-state index contributed by atoms with van der Waals surface area (Å²) in [6.07, 6.45) is 0.0996. The Morgan fingerprint density at radius 1 is 1.07 bits per heavy atom. The first kappa shape index (κ1) is 18.2. The first-order valence-electron chi connectivity index (χ1n) is 8.13. The third-order valence-corrected chi connectivity index (χ3v) is 6.01. The zero-order valence-corrected chi connectivity index (χ0v) is 15.8. The largest absolute Gasteiger partial charge is 0.325 e. The number of nitrogens with one attached hydrogen (secondary N) is 3. The number of aromatic amines is 1. The van der Waals surface area contributed by atoms with Crippen LogP contribution in [0.25, 0.3) is 11.3 Å². The van der Waals surface area contributed by atoms with Gasteiger partial charge in [0.1, 0.15) is 4.90 Å². The van der Waals surface area contributed by atoms with Crippen molar-refractivity contribution in [3.8, 4) is 11.3 Å². The summed E-state index contributed by atoms with van der Waals surface area (Å²) < 4.78 is 28.1. The van der Waals surface area contributed by atoms with E-state index in [9.17, 15) is 18.0 Å². The molecule has 0 fully saturated rings. The Labute approximate surface area is 164 Å². The van der Waals surface area contributed by atoms with Gasteiger partial charge in [-0.2, -0.15) is 5.10 Å². The van der Waals surface area contributed by atoms with E-state index in [-0.39, 0.29) is 27.8 Å². The summed E-state index contributed by atoms with van der Waals surface area (Å²) in [5.41, 5.74) is 2.16. The Morgan fingerprint density at radius 3 is 2.64 bits per heavy atom. The fourth-order valence-corrected chi connectivity index (χ4v) is 4.52. The molecule has 0 saturated carbocycles. The van der Waals surface area contributed by atoms with Crippen molar-refractivity contribution in [2.45, 2.75) is 11.3 Å². The number of carbonyl (C=O) groups is 1. The van der Waals surface area contributed by atoms with Crippen LogP contribution >= 0.6 is 11.6 Å². The highest BCUT2D eigenvalue weighted by molar-refractivity contribution is 7.92. The zero-order valence-electron chi connectivity index (χ0n) is 14.2. The van der Waals surface area contributed by atoms with Gasteiger partial charge in [0.2, 0.25) is 5.91 Å². The van der Waals surface area contributed by atoms with E-state index in [0.717, 1.165) is 0 Å². The standard InChI is InChI=1S/C18H13ClN4O4S/c19-13-9-15-11(8-18(25)20-15)7-16(13)28(26,27)23-12-3-1-2-10(6-12)14-4-5-17(24)22-21-14/h1-7,9,23H,8H2,(H,20,25)(H,22,24). The van der Waals surface area contributed by atoms with Crippen LogP contribution in [-0.4, -0.2) is 24.5 Å². The molecule has 2 heterocycles. The number of carbonyl (C=O) groups excluding carboxylic acids is 1. The van der Waals surface area contributed by atoms with Crippen molar-refractivity contribution >= 4 is 38.9 Å². The van der Waals surface area contributed by atoms with Gasteiger partial charge < -0.3 is 5.32 Å². The van der Waals surface area contributed by atoms with E-state index < -0.39 is 10.0 Å². The van der Waals surface area contributed by atoms with Gasteiger partial charge in [0.15, 0.2) is 0 Å². The number of halogens is 1. The molecule has 0 aliphatic carbocycles. The van der Waals surface area contributed by atoms with Crippen LogP contribution in [0.2, 0.25) is 5.02 Å². The van der Waals surface area contributed by atoms with Crippen LogP contribution in [0.1, 0.15) is 5.56 Å². The lowest BCUT2D eigenvalue weighted by atomic mass is 10.1. The number of aromatic nitrogens is 2. The van der Waals surface area contributed by atoms with E-state index in [0.29, 0.717) is 28.2 Å². The van der Waals surface area contributed by atoms with E-state index in [4.69, 9.17) is 11.6 Å². The number of fused-ring (bicyclic) bond motifs is 1. The van der Waals surface area contributed by atoms with Gasteiger partial charge in [-0.15, -0.1) is 0 Å². The SMILES string of the molecule is O=C1Cc2cc(S(=O)(=O)Nc3cccc(-c4ccc(=O)[nH]n4)c3)c(Cl)cc2N1. The van der Waals surface area contributed by atoms with Crippen molar-refractivity contribution in [3.63, 3.8) is 0 Å².